The average molecular weight is 570 g/mol. The maximum Gasteiger partial charge on any atom is 0.255 e. The van der Waals surface area contributed by atoms with E-state index in [1.54, 1.807) is 19.5 Å². The third-order valence-electron chi connectivity index (χ3n) is 7.73. The largest absolute Gasteiger partial charge is 0.383 e. The number of carbonyl (C=O) groups excluding carboxylic acids is 4. The number of piperidine rings is 1. The molecule has 0 aliphatic carbocycles. The van der Waals surface area contributed by atoms with Gasteiger partial charge in [-0.3, -0.25) is 34.4 Å². The standard InChI is InChI=1S/C32H35N5O5/c1-36(15-16-42-2)19-24-18-25(6-7-26(24)22-11-13-33-14-12-22)34-29(38)9-4-21-3-5-23-20-37(32(41)27(23)17-21)28-8-10-30(39)35-31(28)40/h3,5-7,11-14,17-18,28H,4,8-10,15-16,19-20H2,1-2H3,(H,34,38)(H,35,39,40). The van der Waals surface area contributed by atoms with Crippen LogP contribution in [0, 0.1) is 0 Å². The van der Waals surface area contributed by atoms with Gasteiger partial charge in [-0.05, 0) is 78.0 Å². The molecule has 2 aliphatic heterocycles. The molecule has 1 saturated heterocycles. The number of methoxy groups -OCH3 is 1. The molecule has 1 aromatic heterocycles. The first kappa shape index (κ1) is 29.1. The highest BCUT2D eigenvalue weighted by Gasteiger charge is 2.39. The van der Waals surface area contributed by atoms with Gasteiger partial charge in [0.1, 0.15) is 6.04 Å². The van der Waals surface area contributed by atoms with Gasteiger partial charge < -0.3 is 15.0 Å². The summed E-state index contributed by atoms with van der Waals surface area (Å²) in [6, 6.07) is 14.8. The molecule has 1 atom stereocenters. The lowest BCUT2D eigenvalue weighted by molar-refractivity contribution is -0.137. The molecule has 1 fully saturated rings. The number of likely N-dealkylation sites (N-methyl/N-ethyl adjacent to an activating group) is 1. The van der Waals surface area contributed by atoms with Gasteiger partial charge in [0, 0.05) is 63.2 Å². The van der Waals surface area contributed by atoms with Crippen LogP contribution in [0.25, 0.3) is 11.1 Å². The number of aryl methyl sites for hydroxylation is 1. The van der Waals surface area contributed by atoms with Crippen molar-refractivity contribution in [3.05, 3.63) is 83.2 Å². The minimum atomic E-state index is -0.647. The molecule has 0 radical (unpaired) electrons. The minimum absolute atomic E-state index is 0.123. The predicted octanol–water partition coefficient (Wildman–Crippen LogP) is 3.16. The third kappa shape index (κ3) is 6.72. The quantitative estimate of drug-likeness (QED) is 0.340. The summed E-state index contributed by atoms with van der Waals surface area (Å²) in [5.41, 5.74) is 6.19. The van der Waals surface area contributed by atoms with Crippen LogP contribution in [0.3, 0.4) is 0 Å². The van der Waals surface area contributed by atoms with Crippen LogP contribution in [0.4, 0.5) is 5.69 Å². The Morgan fingerprint density at radius 1 is 1.10 bits per heavy atom. The molecule has 1 unspecified atom stereocenters. The summed E-state index contributed by atoms with van der Waals surface area (Å²) >= 11 is 0. The highest BCUT2D eigenvalue weighted by Crippen LogP contribution is 2.29. The van der Waals surface area contributed by atoms with E-state index in [0.717, 1.165) is 40.0 Å². The van der Waals surface area contributed by atoms with E-state index in [9.17, 15) is 19.2 Å². The van der Waals surface area contributed by atoms with Crippen LogP contribution in [0.1, 0.15) is 46.3 Å². The van der Waals surface area contributed by atoms with Crippen LogP contribution in [-0.4, -0.2) is 71.8 Å². The number of rotatable bonds is 11. The highest BCUT2D eigenvalue weighted by molar-refractivity contribution is 6.05. The number of ether oxygens (including phenoxy) is 1. The molecule has 2 aromatic carbocycles. The number of carbonyl (C=O) groups is 4. The van der Waals surface area contributed by atoms with Crippen molar-refractivity contribution in [2.75, 3.05) is 32.6 Å². The summed E-state index contributed by atoms with van der Waals surface area (Å²) in [4.78, 5) is 57.7. The summed E-state index contributed by atoms with van der Waals surface area (Å²) < 4.78 is 5.22. The Morgan fingerprint density at radius 2 is 1.90 bits per heavy atom. The molecule has 0 spiro atoms. The summed E-state index contributed by atoms with van der Waals surface area (Å²) in [5, 5.41) is 5.35. The van der Waals surface area contributed by atoms with E-state index in [0.29, 0.717) is 38.1 Å². The van der Waals surface area contributed by atoms with Crippen LogP contribution < -0.4 is 10.6 Å². The molecule has 3 aromatic rings. The Hall–Kier alpha value is -4.41. The lowest BCUT2D eigenvalue weighted by atomic mass is 9.99. The monoisotopic (exact) mass is 569 g/mol. The summed E-state index contributed by atoms with van der Waals surface area (Å²) in [7, 11) is 3.72. The van der Waals surface area contributed by atoms with Gasteiger partial charge in [-0.25, -0.2) is 0 Å². The number of nitrogens with one attached hydrogen (secondary N) is 2. The van der Waals surface area contributed by atoms with Crippen LogP contribution >= 0.6 is 0 Å². The number of nitrogens with zero attached hydrogens (tertiary/aromatic N) is 3. The van der Waals surface area contributed by atoms with E-state index in [1.807, 2.05) is 55.6 Å². The fourth-order valence-electron chi connectivity index (χ4n) is 5.47. The summed E-state index contributed by atoms with van der Waals surface area (Å²) in [5.74, 6) is -1.08. The van der Waals surface area contributed by atoms with Crippen molar-refractivity contribution in [2.45, 2.75) is 44.8 Å². The second-order valence-corrected chi connectivity index (χ2v) is 10.8. The van der Waals surface area contributed by atoms with E-state index in [1.165, 1.54) is 4.90 Å². The van der Waals surface area contributed by atoms with Gasteiger partial charge in [0.05, 0.1) is 6.61 Å². The molecular formula is C32H35N5O5. The first-order chi connectivity index (χ1) is 20.3. The van der Waals surface area contributed by atoms with Crippen molar-refractivity contribution in [1.82, 2.24) is 20.1 Å². The highest BCUT2D eigenvalue weighted by atomic mass is 16.5. The normalized spacial score (nSPS) is 16.5. The van der Waals surface area contributed by atoms with E-state index in [4.69, 9.17) is 4.74 Å². The van der Waals surface area contributed by atoms with Crippen LogP contribution in [0.5, 0.6) is 0 Å². The molecule has 218 valence electrons. The molecule has 0 bridgehead atoms. The zero-order valence-electron chi connectivity index (χ0n) is 23.9. The number of aromatic nitrogens is 1. The van der Waals surface area contributed by atoms with Gasteiger partial charge in [0.25, 0.3) is 5.91 Å². The number of hydrogen-bond acceptors (Lipinski definition) is 7. The van der Waals surface area contributed by atoms with Crippen LogP contribution in [0.2, 0.25) is 0 Å². The zero-order valence-corrected chi connectivity index (χ0v) is 23.9. The second-order valence-electron chi connectivity index (χ2n) is 10.8. The number of amides is 4. The molecule has 10 nitrogen and oxygen atoms in total. The van der Waals surface area contributed by atoms with Gasteiger partial charge in [-0.15, -0.1) is 0 Å². The molecule has 10 heteroatoms. The van der Waals surface area contributed by atoms with Crippen molar-refractivity contribution < 1.29 is 23.9 Å². The van der Waals surface area contributed by atoms with E-state index in [-0.39, 0.29) is 30.6 Å². The van der Waals surface area contributed by atoms with Gasteiger partial charge in [-0.2, -0.15) is 0 Å². The van der Waals surface area contributed by atoms with Crippen LogP contribution in [-0.2, 0) is 38.6 Å². The molecule has 42 heavy (non-hydrogen) atoms. The molecule has 5 rings (SSSR count). The van der Waals surface area contributed by atoms with Gasteiger partial charge in [0.15, 0.2) is 0 Å². The number of hydrogen-bond donors (Lipinski definition) is 2. The van der Waals surface area contributed by atoms with E-state index < -0.39 is 11.9 Å². The van der Waals surface area contributed by atoms with Gasteiger partial charge >= 0.3 is 0 Å². The summed E-state index contributed by atoms with van der Waals surface area (Å²) in [6.07, 6.45) is 4.79. The van der Waals surface area contributed by atoms with Crippen LogP contribution in [0.15, 0.2) is 60.9 Å². The Bertz CT molecular complexity index is 1490. The first-order valence-corrected chi connectivity index (χ1v) is 14.1. The fraction of sp³-hybridized carbons (Fsp3) is 0.344. The third-order valence-corrected chi connectivity index (χ3v) is 7.73. The first-order valence-electron chi connectivity index (χ1n) is 14.1. The lowest BCUT2D eigenvalue weighted by Gasteiger charge is -2.29. The Kier molecular flexibility index (Phi) is 9.04. The number of pyridine rings is 1. The van der Waals surface area contributed by atoms with E-state index in [2.05, 4.69) is 20.5 Å². The maximum absolute atomic E-state index is 13.1. The maximum atomic E-state index is 13.1. The Balaban J connectivity index is 1.23. The summed E-state index contributed by atoms with van der Waals surface area (Å²) in [6.45, 7) is 2.42. The predicted molar refractivity (Wildman–Crippen MR) is 157 cm³/mol. The SMILES string of the molecule is COCCN(C)Cc1cc(NC(=O)CCc2ccc3c(c2)C(=O)N(C2CCC(=O)NC2=O)C3)ccc1-c1ccncc1. The molecular weight excluding hydrogens is 534 g/mol. The van der Waals surface area contributed by atoms with Crippen molar-refractivity contribution in [2.24, 2.45) is 0 Å². The van der Waals surface area contributed by atoms with Crippen molar-refractivity contribution in [3.8, 4) is 11.1 Å². The molecule has 2 N–H and O–H groups in total. The van der Waals surface area contributed by atoms with Crippen molar-refractivity contribution in [3.63, 3.8) is 0 Å². The Morgan fingerprint density at radius 3 is 2.67 bits per heavy atom. The van der Waals surface area contributed by atoms with Gasteiger partial charge in [0.2, 0.25) is 17.7 Å². The average Bonchev–Trinajstić information content (AvgIpc) is 3.30. The molecule has 3 heterocycles. The molecule has 2 aliphatic rings. The molecule has 4 amide bonds. The zero-order chi connectivity index (χ0) is 29.6. The number of anilines is 1. The number of benzene rings is 2. The number of imide groups is 1. The topological polar surface area (TPSA) is 121 Å². The van der Waals surface area contributed by atoms with Crippen molar-refractivity contribution in [1.29, 1.82) is 0 Å². The van der Waals surface area contributed by atoms with E-state index >= 15 is 0 Å². The lowest BCUT2D eigenvalue weighted by Crippen LogP contribution is -2.52. The molecule has 0 saturated carbocycles. The minimum Gasteiger partial charge on any atom is -0.383 e. The Labute approximate surface area is 245 Å². The van der Waals surface area contributed by atoms with Gasteiger partial charge in [-0.1, -0.05) is 18.2 Å². The number of fused-ring (bicyclic) bond motifs is 1. The fourth-order valence-corrected chi connectivity index (χ4v) is 5.47. The van der Waals surface area contributed by atoms with Crippen molar-refractivity contribution >= 4 is 29.3 Å². The second kappa shape index (κ2) is 13.1. The smallest absolute Gasteiger partial charge is 0.255 e.